The van der Waals surface area contributed by atoms with Crippen molar-refractivity contribution in [1.82, 2.24) is 14.2 Å². The van der Waals surface area contributed by atoms with Gasteiger partial charge in [-0.1, -0.05) is 35.6 Å². The number of aromatic nitrogens is 1. The Labute approximate surface area is 257 Å². The summed E-state index contributed by atoms with van der Waals surface area (Å²) in [4.78, 5) is 22.5. The zero-order valence-electron chi connectivity index (χ0n) is 24.1. The molecule has 1 aliphatic heterocycles. The van der Waals surface area contributed by atoms with Crippen molar-refractivity contribution in [3.05, 3.63) is 77.4 Å². The topological polar surface area (TPSA) is 92.3 Å². The Morgan fingerprint density at radius 3 is 2.31 bits per heavy atom. The minimum Gasteiger partial charge on any atom is -0.493 e. The lowest BCUT2D eigenvalue weighted by molar-refractivity contribution is 0.0986. The molecule has 9 nitrogen and oxygen atoms in total. The Morgan fingerprint density at radius 2 is 1.64 bits per heavy atom. The number of hydrogen-bond donors (Lipinski definition) is 0. The summed E-state index contributed by atoms with van der Waals surface area (Å²) in [6, 6.07) is 17.8. The van der Waals surface area contributed by atoms with Crippen LogP contribution < -0.4 is 14.4 Å². The summed E-state index contributed by atoms with van der Waals surface area (Å²) in [7, 11) is 3.42. The van der Waals surface area contributed by atoms with E-state index >= 15 is 0 Å². The van der Waals surface area contributed by atoms with E-state index in [9.17, 15) is 13.2 Å². The van der Waals surface area contributed by atoms with Gasteiger partial charge in [-0.2, -0.15) is 4.31 Å². The smallest absolute Gasteiger partial charge is 0.260 e. The zero-order chi connectivity index (χ0) is 29.1. The summed E-state index contributed by atoms with van der Waals surface area (Å²) >= 11 is 1.40. The normalized spacial score (nSPS) is 13.5. The molecular formula is C30H35ClN4O5S2. The molecule has 1 aliphatic rings. The predicted molar refractivity (Wildman–Crippen MR) is 169 cm³/mol. The highest BCUT2D eigenvalue weighted by atomic mass is 35.5. The van der Waals surface area contributed by atoms with Gasteiger partial charge < -0.3 is 14.4 Å². The van der Waals surface area contributed by atoms with Gasteiger partial charge in [0.2, 0.25) is 10.0 Å². The minimum atomic E-state index is -3.71. The van der Waals surface area contributed by atoms with Gasteiger partial charge in [0, 0.05) is 37.3 Å². The second-order valence-corrected chi connectivity index (χ2v) is 13.1. The first-order chi connectivity index (χ1) is 19.7. The monoisotopic (exact) mass is 630 g/mol. The van der Waals surface area contributed by atoms with E-state index in [1.807, 2.05) is 44.4 Å². The third-order valence-electron chi connectivity index (χ3n) is 7.18. The first-order valence-corrected chi connectivity index (χ1v) is 15.6. The van der Waals surface area contributed by atoms with Crippen LogP contribution in [0.1, 0.15) is 27.9 Å². The molecule has 0 radical (unpaired) electrons. The van der Waals surface area contributed by atoms with Gasteiger partial charge in [0.05, 0.1) is 29.3 Å². The van der Waals surface area contributed by atoms with E-state index in [-0.39, 0.29) is 23.2 Å². The maximum Gasteiger partial charge on any atom is 0.260 e. The summed E-state index contributed by atoms with van der Waals surface area (Å²) in [6.45, 7) is 2.02. The van der Waals surface area contributed by atoms with E-state index in [1.54, 1.807) is 37.3 Å². The van der Waals surface area contributed by atoms with E-state index in [2.05, 4.69) is 4.90 Å². The molecule has 0 unspecified atom stereocenters. The van der Waals surface area contributed by atoms with E-state index in [0.29, 0.717) is 53.8 Å². The highest BCUT2D eigenvalue weighted by molar-refractivity contribution is 7.89. The summed E-state index contributed by atoms with van der Waals surface area (Å²) in [5, 5.41) is 0.558. The van der Waals surface area contributed by atoms with Crippen LogP contribution in [-0.4, -0.2) is 76.5 Å². The van der Waals surface area contributed by atoms with Crippen molar-refractivity contribution < 1.29 is 22.7 Å². The number of nitrogens with zero attached hydrogens (tertiary/aromatic N) is 4. The van der Waals surface area contributed by atoms with Crippen molar-refractivity contribution in [2.75, 3.05) is 52.8 Å². The molecule has 4 aromatic rings. The predicted octanol–water partition coefficient (Wildman–Crippen LogP) is 5.08. The minimum absolute atomic E-state index is 0. The lowest BCUT2D eigenvalue weighted by atomic mass is 10.0. The Morgan fingerprint density at radius 1 is 0.976 bits per heavy atom. The lowest BCUT2D eigenvalue weighted by Gasteiger charge is -2.28. The maximum atomic E-state index is 13.8. The first-order valence-electron chi connectivity index (χ1n) is 13.4. The van der Waals surface area contributed by atoms with Crippen molar-refractivity contribution >= 4 is 55.0 Å². The number of amides is 1. The van der Waals surface area contributed by atoms with E-state index in [4.69, 9.17) is 14.5 Å². The Balaban J connectivity index is 0.00000405. The highest BCUT2D eigenvalue weighted by Gasteiger charge is 2.29. The quantitative estimate of drug-likeness (QED) is 0.241. The molecule has 224 valence electrons. The Hall–Kier alpha value is -3.22. The molecule has 0 aliphatic carbocycles. The fraction of sp³-hybridized carbons (Fsp3) is 0.333. The highest BCUT2D eigenvalue weighted by Crippen LogP contribution is 2.37. The number of anilines is 1. The average molecular weight is 631 g/mol. The standard InChI is InChI=1S/C30H34N4O5S2.ClH/c1-32(2)15-7-16-34(30-31-25-18-26(38-3)27(39-4)19-28(25)40-30)29(35)22-10-12-24(13-11-22)41(36,37)33-17-14-21-8-5-6-9-23(21)20-33;/h5-6,8-13,18-19H,7,14-17,20H2,1-4H3;1H. The number of rotatable bonds is 10. The number of thiazole rings is 1. The van der Waals surface area contributed by atoms with Crippen molar-refractivity contribution in [3.63, 3.8) is 0 Å². The molecule has 3 aromatic carbocycles. The van der Waals surface area contributed by atoms with Crippen LogP contribution in [0.25, 0.3) is 10.2 Å². The number of methoxy groups -OCH3 is 2. The molecule has 0 N–H and O–H groups in total. The number of hydrogen-bond acceptors (Lipinski definition) is 8. The van der Waals surface area contributed by atoms with Gasteiger partial charge in [-0.3, -0.25) is 9.69 Å². The number of sulfonamides is 1. The summed E-state index contributed by atoms with van der Waals surface area (Å²) < 4.78 is 40.1. The number of benzene rings is 3. The fourth-order valence-corrected chi connectivity index (χ4v) is 7.36. The number of halogens is 1. The maximum absolute atomic E-state index is 13.8. The molecule has 0 bridgehead atoms. The second kappa shape index (κ2) is 13.4. The average Bonchev–Trinajstić information content (AvgIpc) is 3.40. The van der Waals surface area contributed by atoms with Gasteiger partial charge in [-0.15, -0.1) is 12.4 Å². The van der Waals surface area contributed by atoms with Crippen LogP contribution in [0.4, 0.5) is 5.13 Å². The fourth-order valence-electron chi connectivity index (χ4n) is 4.94. The van der Waals surface area contributed by atoms with E-state index < -0.39 is 10.0 Å². The third kappa shape index (κ3) is 6.55. The third-order valence-corrected chi connectivity index (χ3v) is 10.1. The van der Waals surface area contributed by atoms with E-state index in [1.165, 1.54) is 33.3 Å². The van der Waals surface area contributed by atoms with Gasteiger partial charge in [-0.05, 0) is 68.9 Å². The van der Waals surface area contributed by atoms with Gasteiger partial charge in [0.15, 0.2) is 16.6 Å². The Kier molecular flexibility index (Phi) is 10.1. The summed E-state index contributed by atoms with van der Waals surface area (Å²) in [6.07, 6.45) is 1.41. The molecule has 0 atom stereocenters. The molecule has 1 amide bonds. The molecule has 5 rings (SSSR count). The molecule has 0 saturated carbocycles. The summed E-state index contributed by atoms with van der Waals surface area (Å²) in [5.74, 6) is 0.920. The van der Waals surface area contributed by atoms with Crippen molar-refractivity contribution in [1.29, 1.82) is 0 Å². The molecular weight excluding hydrogens is 596 g/mol. The molecule has 0 fully saturated rings. The number of fused-ring (bicyclic) bond motifs is 2. The van der Waals surface area contributed by atoms with Gasteiger partial charge in [-0.25, -0.2) is 13.4 Å². The molecule has 0 saturated heterocycles. The van der Waals surface area contributed by atoms with Crippen LogP contribution in [0, 0.1) is 0 Å². The van der Waals surface area contributed by atoms with Crippen LogP contribution in [0.2, 0.25) is 0 Å². The molecule has 2 heterocycles. The molecule has 12 heteroatoms. The van der Waals surface area contributed by atoms with Crippen molar-refractivity contribution in [2.45, 2.75) is 24.3 Å². The van der Waals surface area contributed by atoms with Gasteiger partial charge in [0.1, 0.15) is 0 Å². The zero-order valence-corrected chi connectivity index (χ0v) is 26.5. The van der Waals surface area contributed by atoms with Crippen LogP contribution in [0.3, 0.4) is 0 Å². The van der Waals surface area contributed by atoms with Crippen LogP contribution >= 0.6 is 23.7 Å². The molecule has 0 spiro atoms. The summed E-state index contributed by atoms with van der Waals surface area (Å²) in [5.41, 5.74) is 3.30. The lowest BCUT2D eigenvalue weighted by Crippen LogP contribution is -2.36. The van der Waals surface area contributed by atoms with Crippen LogP contribution in [-0.2, 0) is 23.0 Å². The number of carbonyl (C=O) groups is 1. The number of ether oxygens (including phenoxy) is 2. The first kappa shape index (κ1) is 31.7. The van der Waals surface area contributed by atoms with Gasteiger partial charge >= 0.3 is 0 Å². The molecule has 1 aromatic heterocycles. The Bertz CT molecular complexity index is 1620. The molecule has 42 heavy (non-hydrogen) atoms. The van der Waals surface area contributed by atoms with Gasteiger partial charge in [0.25, 0.3) is 5.91 Å². The largest absolute Gasteiger partial charge is 0.493 e. The van der Waals surface area contributed by atoms with Crippen molar-refractivity contribution in [3.8, 4) is 11.5 Å². The SMILES string of the molecule is COc1cc2nc(N(CCCN(C)C)C(=O)c3ccc(S(=O)(=O)N4CCc5ccccc5C4)cc3)sc2cc1OC.Cl. The van der Waals surface area contributed by atoms with Crippen LogP contribution in [0.5, 0.6) is 11.5 Å². The number of carbonyl (C=O) groups excluding carboxylic acids is 1. The van der Waals surface area contributed by atoms with E-state index in [0.717, 1.165) is 23.2 Å². The van der Waals surface area contributed by atoms with Crippen LogP contribution in [0.15, 0.2) is 65.6 Å². The van der Waals surface area contributed by atoms with Crippen molar-refractivity contribution in [2.24, 2.45) is 0 Å². The second-order valence-electron chi connectivity index (χ2n) is 10.2.